The first-order valence-corrected chi connectivity index (χ1v) is 10.5. The molecule has 1 saturated heterocycles. The summed E-state index contributed by atoms with van der Waals surface area (Å²) in [5.41, 5.74) is 2.89. The van der Waals surface area contributed by atoms with Crippen LogP contribution >= 0.6 is 0 Å². The molecule has 0 bridgehead atoms. The number of nitrogens with zero attached hydrogens (tertiary/aromatic N) is 5. The molecule has 0 amide bonds. The molecule has 0 aliphatic carbocycles. The maximum Gasteiger partial charge on any atom is 0.270 e. The molecular formula is C24H26FN5O2. The van der Waals surface area contributed by atoms with Crippen LogP contribution < -0.4 is 15.2 Å². The largest absolute Gasteiger partial charge is 0.494 e. The topological polar surface area (TPSA) is 55.0 Å². The number of fused-ring (bicyclic) bond motifs is 1. The number of halogens is 1. The summed E-state index contributed by atoms with van der Waals surface area (Å²) in [6, 6.07) is 10.4. The van der Waals surface area contributed by atoms with E-state index in [0.717, 1.165) is 17.8 Å². The predicted octanol–water partition coefficient (Wildman–Crippen LogP) is 3.73. The van der Waals surface area contributed by atoms with Gasteiger partial charge in [0.1, 0.15) is 0 Å². The van der Waals surface area contributed by atoms with Crippen LogP contribution in [0.2, 0.25) is 0 Å². The van der Waals surface area contributed by atoms with Crippen molar-refractivity contribution in [2.24, 2.45) is 7.05 Å². The van der Waals surface area contributed by atoms with Gasteiger partial charge in [0.2, 0.25) is 5.52 Å². The average molecular weight is 436 g/mol. The molecule has 1 aliphatic rings. The van der Waals surface area contributed by atoms with Gasteiger partial charge in [-0.15, -0.1) is 4.98 Å². The molecule has 2 atom stereocenters. The minimum Gasteiger partial charge on any atom is -0.494 e. The van der Waals surface area contributed by atoms with Gasteiger partial charge in [-0.05, 0) is 43.7 Å². The predicted molar refractivity (Wildman–Crippen MR) is 123 cm³/mol. The Morgan fingerprint density at radius 1 is 1.19 bits per heavy atom. The Balaban J connectivity index is 1.63. The lowest BCUT2D eigenvalue weighted by Crippen LogP contribution is -2.56. The van der Waals surface area contributed by atoms with Crippen LogP contribution in [0.5, 0.6) is 5.75 Å². The van der Waals surface area contributed by atoms with E-state index >= 15 is 0 Å². The van der Waals surface area contributed by atoms with Crippen LogP contribution in [0.4, 0.5) is 15.9 Å². The normalized spacial score (nSPS) is 19.2. The number of hydrogen-bond donors (Lipinski definition) is 0. The molecule has 0 saturated carbocycles. The van der Waals surface area contributed by atoms with Crippen LogP contribution in [0, 0.1) is 12.4 Å². The molecule has 0 N–H and O–H groups in total. The van der Waals surface area contributed by atoms with Crippen LogP contribution in [-0.4, -0.2) is 46.7 Å². The monoisotopic (exact) mass is 435 g/mol. The Morgan fingerprint density at radius 2 is 1.97 bits per heavy atom. The third kappa shape index (κ3) is 3.92. The number of anilines is 1. The Kier molecular flexibility index (Phi) is 5.85. The fourth-order valence-corrected chi connectivity index (χ4v) is 4.38. The molecule has 32 heavy (non-hydrogen) atoms. The van der Waals surface area contributed by atoms with Gasteiger partial charge < -0.3 is 19.0 Å². The number of ether oxygens (including phenoxy) is 1. The van der Waals surface area contributed by atoms with Crippen molar-refractivity contribution >= 4 is 22.5 Å². The van der Waals surface area contributed by atoms with Crippen molar-refractivity contribution in [2.75, 3.05) is 25.1 Å². The number of rotatable bonds is 4. The molecule has 1 fully saturated rings. The molecular weight excluding hydrogens is 409 g/mol. The van der Waals surface area contributed by atoms with Gasteiger partial charge in [-0.3, -0.25) is 9.69 Å². The highest BCUT2D eigenvalue weighted by Crippen LogP contribution is 2.30. The summed E-state index contributed by atoms with van der Waals surface area (Å²) in [7, 11) is 3.17. The zero-order valence-electron chi connectivity index (χ0n) is 18.7. The number of aryl methyl sites for hydroxylation is 1. The minimum absolute atomic E-state index is 0.1000. The third-order valence-electron chi connectivity index (χ3n) is 6.19. The first-order chi connectivity index (χ1) is 15.3. The molecule has 3 heterocycles. The lowest BCUT2D eigenvalue weighted by Gasteiger charge is -2.45. The molecule has 7 nitrogen and oxygen atoms in total. The summed E-state index contributed by atoms with van der Waals surface area (Å²) in [6.45, 7) is 13.6. The van der Waals surface area contributed by atoms with Gasteiger partial charge >= 0.3 is 0 Å². The van der Waals surface area contributed by atoms with Gasteiger partial charge in [0.15, 0.2) is 11.6 Å². The number of piperazine rings is 1. The van der Waals surface area contributed by atoms with Crippen molar-refractivity contribution in [3.63, 3.8) is 0 Å². The van der Waals surface area contributed by atoms with Crippen molar-refractivity contribution < 1.29 is 9.13 Å². The Labute approximate surface area is 186 Å². The summed E-state index contributed by atoms with van der Waals surface area (Å²) < 4.78 is 20.7. The highest BCUT2D eigenvalue weighted by Gasteiger charge is 2.31. The van der Waals surface area contributed by atoms with Crippen LogP contribution in [0.15, 0.2) is 41.2 Å². The van der Waals surface area contributed by atoms with Gasteiger partial charge in [0.05, 0.1) is 18.3 Å². The summed E-state index contributed by atoms with van der Waals surface area (Å²) >= 11 is 0. The maximum atomic E-state index is 14.1. The minimum atomic E-state index is -0.363. The first kappa shape index (κ1) is 21.8. The molecule has 8 heteroatoms. The van der Waals surface area contributed by atoms with Gasteiger partial charge in [0.25, 0.3) is 11.4 Å². The van der Waals surface area contributed by atoms with E-state index in [4.69, 9.17) is 11.3 Å². The van der Waals surface area contributed by atoms with E-state index in [1.807, 2.05) is 6.07 Å². The van der Waals surface area contributed by atoms with Crippen LogP contribution in [0.25, 0.3) is 15.9 Å². The van der Waals surface area contributed by atoms with Crippen molar-refractivity contribution in [3.8, 4) is 5.75 Å². The standard InChI is InChI=1S/C24H26FN5O2/c1-15-13-30(16(2)12-29(15)14-17-6-8-21(32-5)18(25)10-17)20-11-23(31)28(4)19-7-9-22(26-3)27-24(19)20/h6-11,15-16H,12-14H2,1-2,4-5H3/t15-,16+/m1/s1. The second-order valence-corrected chi connectivity index (χ2v) is 8.32. The number of pyridine rings is 2. The van der Waals surface area contributed by atoms with Crippen LogP contribution in [0.3, 0.4) is 0 Å². The quantitative estimate of drug-likeness (QED) is 0.585. The summed E-state index contributed by atoms with van der Waals surface area (Å²) in [6.07, 6.45) is 0. The van der Waals surface area contributed by atoms with Gasteiger partial charge in [-0.2, -0.15) is 0 Å². The average Bonchev–Trinajstić information content (AvgIpc) is 2.78. The molecule has 1 aromatic carbocycles. The van der Waals surface area contributed by atoms with E-state index in [2.05, 4.69) is 33.5 Å². The first-order valence-electron chi connectivity index (χ1n) is 10.5. The lowest BCUT2D eigenvalue weighted by molar-refractivity contribution is 0.158. The molecule has 1 aliphatic heterocycles. The van der Waals surface area contributed by atoms with Crippen molar-refractivity contribution in [3.05, 3.63) is 69.5 Å². The fraction of sp³-hybridized carbons (Fsp3) is 0.375. The molecule has 0 radical (unpaired) electrons. The second-order valence-electron chi connectivity index (χ2n) is 8.32. The molecule has 0 spiro atoms. The number of methoxy groups -OCH3 is 1. The smallest absolute Gasteiger partial charge is 0.270 e. The summed E-state index contributed by atoms with van der Waals surface area (Å²) in [4.78, 5) is 25.1. The van der Waals surface area contributed by atoms with Crippen LogP contribution in [-0.2, 0) is 13.6 Å². The third-order valence-corrected chi connectivity index (χ3v) is 6.19. The van der Waals surface area contributed by atoms with Crippen molar-refractivity contribution in [1.82, 2.24) is 14.5 Å². The number of aromatic nitrogens is 2. The van der Waals surface area contributed by atoms with Gasteiger partial charge in [0, 0.05) is 44.8 Å². The van der Waals surface area contributed by atoms with E-state index in [9.17, 15) is 9.18 Å². The Hall–Kier alpha value is -3.44. The highest BCUT2D eigenvalue weighted by molar-refractivity contribution is 5.89. The maximum absolute atomic E-state index is 14.1. The fourth-order valence-electron chi connectivity index (χ4n) is 4.38. The molecule has 3 aromatic rings. The summed E-state index contributed by atoms with van der Waals surface area (Å²) in [5, 5.41) is 0. The summed E-state index contributed by atoms with van der Waals surface area (Å²) in [5.74, 6) is 0.180. The van der Waals surface area contributed by atoms with E-state index < -0.39 is 0 Å². The Morgan fingerprint density at radius 3 is 2.66 bits per heavy atom. The zero-order valence-corrected chi connectivity index (χ0v) is 18.7. The van der Waals surface area contributed by atoms with Gasteiger partial charge in [-0.25, -0.2) is 4.39 Å². The molecule has 0 unspecified atom stereocenters. The highest BCUT2D eigenvalue weighted by atomic mass is 19.1. The van der Waals surface area contributed by atoms with Crippen molar-refractivity contribution in [2.45, 2.75) is 32.5 Å². The zero-order chi connectivity index (χ0) is 23.0. The van der Waals surface area contributed by atoms with Crippen molar-refractivity contribution in [1.29, 1.82) is 0 Å². The molecule has 2 aromatic heterocycles. The number of hydrogen-bond acceptors (Lipinski definition) is 5. The lowest BCUT2D eigenvalue weighted by atomic mass is 10.0. The molecule has 166 valence electrons. The van der Waals surface area contributed by atoms with E-state index in [1.54, 1.807) is 35.9 Å². The van der Waals surface area contributed by atoms with Crippen LogP contribution in [0.1, 0.15) is 19.4 Å². The van der Waals surface area contributed by atoms with E-state index in [1.165, 1.54) is 13.2 Å². The SMILES string of the molecule is [C-]#[N+]c1ccc2c(n1)c(N1C[C@@H](C)N(Cc3ccc(OC)c(F)c3)C[C@@H]1C)cc(=O)n2C. The van der Waals surface area contributed by atoms with E-state index in [0.29, 0.717) is 29.9 Å². The number of benzene rings is 1. The Bertz CT molecular complexity index is 1270. The van der Waals surface area contributed by atoms with Gasteiger partial charge in [-0.1, -0.05) is 12.6 Å². The second kappa shape index (κ2) is 8.60. The molecule has 4 rings (SSSR count). The van der Waals surface area contributed by atoms with E-state index in [-0.39, 0.29) is 29.2 Å².